The van der Waals surface area contributed by atoms with Crippen LogP contribution in [0, 0.1) is 6.92 Å². The summed E-state index contributed by atoms with van der Waals surface area (Å²) in [7, 11) is -3.30. The summed E-state index contributed by atoms with van der Waals surface area (Å²) in [5, 5.41) is 9.94. The molecule has 0 radical (unpaired) electrons. The lowest BCUT2D eigenvalue weighted by Crippen LogP contribution is -2.13. The second-order valence-corrected chi connectivity index (χ2v) is 11.0. The van der Waals surface area contributed by atoms with E-state index in [-0.39, 0.29) is 16.8 Å². The Kier molecular flexibility index (Phi) is 7.50. The van der Waals surface area contributed by atoms with Crippen molar-refractivity contribution >= 4 is 33.5 Å². The molecule has 3 rings (SSSR count). The molecule has 164 valence electrons. The zero-order chi connectivity index (χ0) is 22.4. The monoisotopic (exact) mass is 459 g/mol. The van der Waals surface area contributed by atoms with Crippen molar-refractivity contribution in [3.63, 3.8) is 0 Å². The fourth-order valence-electron chi connectivity index (χ4n) is 2.70. The number of nitrogens with one attached hydrogen (secondary N) is 1. The van der Waals surface area contributed by atoms with Crippen LogP contribution in [0.4, 0.5) is 6.01 Å². The van der Waals surface area contributed by atoms with Gasteiger partial charge in [0.25, 0.3) is 0 Å². The number of nitrogens with zero attached hydrogens (tertiary/aromatic N) is 2. The molecule has 0 aliphatic heterocycles. The summed E-state index contributed by atoms with van der Waals surface area (Å²) >= 11 is 1.61. The molecule has 0 atom stereocenters. The van der Waals surface area contributed by atoms with E-state index in [4.69, 9.17) is 4.42 Å². The molecule has 2 aromatic carbocycles. The van der Waals surface area contributed by atoms with Gasteiger partial charge in [-0.3, -0.25) is 10.1 Å². The number of benzene rings is 2. The second kappa shape index (κ2) is 10.1. The van der Waals surface area contributed by atoms with E-state index in [9.17, 15) is 13.2 Å². The van der Waals surface area contributed by atoms with Crippen molar-refractivity contribution in [2.75, 3.05) is 11.1 Å². The lowest BCUT2D eigenvalue weighted by molar-refractivity contribution is -0.115. The summed E-state index contributed by atoms with van der Waals surface area (Å²) in [4.78, 5) is 13.5. The van der Waals surface area contributed by atoms with Crippen LogP contribution in [-0.4, -0.2) is 35.5 Å². The highest BCUT2D eigenvalue weighted by Gasteiger charge is 2.19. The van der Waals surface area contributed by atoms with Gasteiger partial charge in [-0.25, -0.2) is 8.42 Å². The Hall–Kier alpha value is -2.65. The standard InChI is InChI=1S/C22H25N3O4S2/c1-15(2)31(27,28)19-10-6-17(7-11-19)14-21-24-25-22(29-21)23-20(26)12-13-30-18-8-4-16(3)5-9-18/h4-11,15H,12-14H2,1-3H3,(H,23,25,26). The van der Waals surface area contributed by atoms with Gasteiger partial charge in [-0.05, 0) is 50.6 Å². The number of rotatable bonds is 9. The van der Waals surface area contributed by atoms with Gasteiger partial charge >= 0.3 is 6.01 Å². The molecule has 9 heteroatoms. The van der Waals surface area contributed by atoms with Crippen molar-refractivity contribution in [3.8, 4) is 0 Å². The van der Waals surface area contributed by atoms with Crippen LogP contribution < -0.4 is 5.32 Å². The van der Waals surface area contributed by atoms with Crippen LogP contribution in [0.5, 0.6) is 0 Å². The van der Waals surface area contributed by atoms with Gasteiger partial charge in [-0.2, -0.15) is 0 Å². The molecule has 0 aliphatic carbocycles. The first-order chi connectivity index (χ1) is 14.7. The molecule has 0 unspecified atom stereocenters. The Labute approximate surface area is 186 Å². The maximum Gasteiger partial charge on any atom is 0.322 e. The van der Waals surface area contributed by atoms with Crippen LogP contribution in [0.1, 0.15) is 37.3 Å². The fraction of sp³-hybridized carbons (Fsp3) is 0.318. The molecule has 1 amide bonds. The summed E-state index contributed by atoms with van der Waals surface area (Å²) in [6, 6.07) is 14.8. The van der Waals surface area contributed by atoms with Gasteiger partial charge in [0.2, 0.25) is 11.8 Å². The molecule has 0 fully saturated rings. The average molecular weight is 460 g/mol. The SMILES string of the molecule is Cc1ccc(SCCC(=O)Nc2nnc(Cc3ccc(S(=O)(=O)C(C)C)cc3)o2)cc1. The largest absolute Gasteiger partial charge is 0.407 e. The molecule has 3 aromatic rings. The number of hydrogen-bond acceptors (Lipinski definition) is 7. The van der Waals surface area contributed by atoms with Gasteiger partial charge in [0.1, 0.15) is 0 Å². The number of thioether (sulfide) groups is 1. The van der Waals surface area contributed by atoms with Crippen LogP contribution in [-0.2, 0) is 21.1 Å². The molecular weight excluding hydrogens is 434 g/mol. The van der Waals surface area contributed by atoms with Crippen LogP contribution >= 0.6 is 11.8 Å². The number of hydrogen-bond donors (Lipinski definition) is 1. The number of carbonyl (C=O) groups excluding carboxylic acids is 1. The Morgan fingerprint density at radius 2 is 1.74 bits per heavy atom. The lowest BCUT2D eigenvalue weighted by Gasteiger charge is -2.08. The van der Waals surface area contributed by atoms with Gasteiger partial charge in [0.05, 0.1) is 16.6 Å². The fourth-order valence-corrected chi connectivity index (χ4v) is 4.61. The van der Waals surface area contributed by atoms with Crippen LogP contribution in [0.3, 0.4) is 0 Å². The van der Waals surface area contributed by atoms with E-state index in [2.05, 4.69) is 15.5 Å². The van der Waals surface area contributed by atoms with E-state index < -0.39 is 15.1 Å². The van der Waals surface area contributed by atoms with Gasteiger partial charge in [-0.1, -0.05) is 34.9 Å². The molecule has 0 saturated heterocycles. The summed E-state index contributed by atoms with van der Waals surface area (Å²) in [5.74, 6) is 0.781. The third-order valence-corrected chi connectivity index (χ3v) is 7.74. The Balaban J connectivity index is 1.49. The molecule has 0 bridgehead atoms. The van der Waals surface area contributed by atoms with Crippen molar-refractivity contribution in [1.29, 1.82) is 0 Å². The highest BCUT2D eigenvalue weighted by atomic mass is 32.2. The molecule has 1 N–H and O–H groups in total. The molecular formula is C22H25N3O4S2. The molecule has 0 saturated carbocycles. The Morgan fingerprint density at radius 3 is 2.39 bits per heavy atom. The van der Waals surface area contributed by atoms with Gasteiger partial charge in [0, 0.05) is 17.1 Å². The molecule has 0 spiro atoms. The third kappa shape index (κ3) is 6.41. The van der Waals surface area contributed by atoms with Gasteiger partial charge in [0.15, 0.2) is 9.84 Å². The number of anilines is 1. The minimum atomic E-state index is -3.30. The Morgan fingerprint density at radius 1 is 1.06 bits per heavy atom. The first kappa shape index (κ1) is 23.0. The number of amides is 1. The van der Waals surface area contributed by atoms with Crippen molar-refractivity contribution < 1.29 is 17.6 Å². The first-order valence-corrected chi connectivity index (χ1v) is 12.4. The summed E-state index contributed by atoms with van der Waals surface area (Å²) in [6.07, 6.45) is 0.663. The normalized spacial score (nSPS) is 11.6. The van der Waals surface area contributed by atoms with E-state index in [1.807, 2.05) is 31.2 Å². The van der Waals surface area contributed by atoms with Crippen molar-refractivity contribution in [3.05, 3.63) is 65.5 Å². The van der Waals surface area contributed by atoms with Crippen LogP contribution in [0.15, 0.2) is 62.7 Å². The lowest BCUT2D eigenvalue weighted by atomic mass is 10.1. The van der Waals surface area contributed by atoms with Crippen LogP contribution in [0.25, 0.3) is 0 Å². The predicted octanol–water partition coefficient (Wildman–Crippen LogP) is 4.27. The van der Waals surface area contributed by atoms with Crippen molar-refractivity contribution in [2.24, 2.45) is 0 Å². The topological polar surface area (TPSA) is 102 Å². The Bertz CT molecular complexity index is 1120. The summed E-state index contributed by atoms with van der Waals surface area (Å²) in [6.45, 7) is 5.34. The van der Waals surface area contributed by atoms with Crippen molar-refractivity contribution in [1.82, 2.24) is 10.2 Å². The van der Waals surface area contributed by atoms with E-state index in [0.29, 0.717) is 24.5 Å². The van der Waals surface area contributed by atoms with Gasteiger partial charge < -0.3 is 4.42 Å². The maximum atomic E-state index is 12.2. The van der Waals surface area contributed by atoms with E-state index in [1.165, 1.54) is 5.56 Å². The zero-order valence-electron chi connectivity index (χ0n) is 17.7. The van der Waals surface area contributed by atoms with E-state index in [0.717, 1.165) is 10.5 Å². The third-order valence-electron chi connectivity index (χ3n) is 4.56. The van der Waals surface area contributed by atoms with E-state index in [1.54, 1.807) is 49.9 Å². The highest BCUT2D eigenvalue weighted by molar-refractivity contribution is 7.99. The van der Waals surface area contributed by atoms with Crippen LogP contribution in [0.2, 0.25) is 0 Å². The number of aryl methyl sites for hydroxylation is 1. The smallest absolute Gasteiger partial charge is 0.322 e. The van der Waals surface area contributed by atoms with Crippen molar-refractivity contribution in [2.45, 2.75) is 48.7 Å². The molecule has 1 aromatic heterocycles. The summed E-state index contributed by atoms with van der Waals surface area (Å²) in [5.41, 5.74) is 2.03. The average Bonchev–Trinajstić information content (AvgIpc) is 3.16. The number of sulfone groups is 1. The number of carbonyl (C=O) groups is 1. The minimum Gasteiger partial charge on any atom is -0.407 e. The molecule has 0 aliphatic rings. The predicted molar refractivity (Wildman–Crippen MR) is 121 cm³/mol. The minimum absolute atomic E-state index is 0.0549. The highest BCUT2D eigenvalue weighted by Crippen LogP contribution is 2.20. The second-order valence-electron chi connectivity index (χ2n) is 7.38. The first-order valence-electron chi connectivity index (χ1n) is 9.88. The van der Waals surface area contributed by atoms with Gasteiger partial charge in [-0.15, -0.1) is 16.9 Å². The molecule has 1 heterocycles. The molecule has 31 heavy (non-hydrogen) atoms. The number of aromatic nitrogens is 2. The zero-order valence-corrected chi connectivity index (χ0v) is 19.3. The van der Waals surface area contributed by atoms with E-state index >= 15 is 0 Å². The quantitative estimate of drug-likeness (QED) is 0.477. The summed E-state index contributed by atoms with van der Waals surface area (Å²) < 4.78 is 29.9. The molecule has 7 nitrogen and oxygen atoms in total. The maximum absolute atomic E-state index is 12.2.